The van der Waals surface area contributed by atoms with Crippen molar-refractivity contribution >= 4 is 11.9 Å². The number of nitrogens with zero attached hydrogens (tertiary/aromatic N) is 3. The van der Waals surface area contributed by atoms with Gasteiger partial charge in [0.1, 0.15) is 0 Å². The lowest BCUT2D eigenvalue weighted by Crippen LogP contribution is -2.28. The van der Waals surface area contributed by atoms with Gasteiger partial charge in [-0.1, -0.05) is 0 Å². The van der Waals surface area contributed by atoms with E-state index in [0.717, 1.165) is 0 Å². The monoisotopic (exact) mass is 191 g/mol. The number of hydrogen-bond acceptors (Lipinski definition) is 4. The van der Waals surface area contributed by atoms with Crippen LogP contribution in [0.3, 0.4) is 0 Å². The third-order valence-corrected chi connectivity index (χ3v) is 0.659. The molecule has 0 aromatic rings. The first-order valence-electron chi connectivity index (χ1n) is 2.94. The maximum absolute atomic E-state index is 8.25. The van der Waals surface area contributed by atoms with E-state index in [1.54, 1.807) is 14.1 Å². The molecule has 0 aliphatic carbocycles. The number of nitrogens with one attached hydrogen (secondary N) is 1. The molecular formula is C4H11N6O3-. The van der Waals surface area contributed by atoms with Crippen molar-refractivity contribution in [3.05, 3.63) is 15.3 Å². The Balaban J connectivity index is 0. The van der Waals surface area contributed by atoms with Gasteiger partial charge in [0.25, 0.3) is 0 Å². The average Bonchev–Trinajstić information content (AvgIpc) is 1.83. The molecule has 0 fully saturated rings. The van der Waals surface area contributed by atoms with Gasteiger partial charge in [0.2, 0.25) is 5.96 Å². The van der Waals surface area contributed by atoms with Crippen LogP contribution in [-0.4, -0.2) is 36.0 Å². The van der Waals surface area contributed by atoms with Gasteiger partial charge < -0.3 is 31.7 Å². The molecule has 0 aliphatic heterocycles. The van der Waals surface area contributed by atoms with Gasteiger partial charge in [0.15, 0.2) is 5.96 Å². The van der Waals surface area contributed by atoms with Crippen LogP contribution in [0.2, 0.25) is 0 Å². The van der Waals surface area contributed by atoms with E-state index in [2.05, 4.69) is 4.99 Å². The summed E-state index contributed by atoms with van der Waals surface area (Å²) in [5.74, 6) is -0.0382. The van der Waals surface area contributed by atoms with E-state index >= 15 is 0 Å². The van der Waals surface area contributed by atoms with Gasteiger partial charge in [-0.25, -0.2) is 0 Å². The summed E-state index contributed by atoms with van der Waals surface area (Å²) in [5.41, 5.74) is 9.98. The minimum Gasteiger partial charge on any atom is -0.370 e. The quantitative estimate of drug-likeness (QED) is 0.183. The minimum absolute atomic E-state index is 0.0509. The third kappa shape index (κ3) is 17.8. The molecule has 0 aromatic heterocycles. The summed E-state index contributed by atoms with van der Waals surface area (Å²) in [7, 11) is 3.38. The van der Waals surface area contributed by atoms with E-state index in [1.807, 2.05) is 0 Å². The second-order valence-corrected chi connectivity index (χ2v) is 1.98. The first kappa shape index (κ1) is 13.5. The Morgan fingerprint density at radius 1 is 1.46 bits per heavy atom. The molecule has 0 saturated carbocycles. The number of guanidine groups is 2. The van der Waals surface area contributed by atoms with Crippen LogP contribution in [0.25, 0.3) is 0 Å². The Bertz CT molecular complexity index is 204. The van der Waals surface area contributed by atoms with Crippen LogP contribution in [-0.2, 0) is 0 Å². The fourth-order valence-electron chi connectivity index (χ4n) is 0.222. The predicted molar refractivity (Wildman–Crippen MR) is 47.6 cm³/mol. The second kappa shape index (κ2) is 6.64. The second-order valence-electron chi connectivity index (χ2n) is 1.98. The van der Waals surface area contributed by atoms with Crippen LogP contribution < -0.4 is 11.5 Å². The summed E-state index contributed by atoms with van der Waals surface area (Å²) in [6, 6.07) is 0. The van der Waals surface area contributed by atoms with Crippen LogP contribution in [0.15, 0.2) is 4.99 Å². The zero-order valence-corrected chi connectivity index (χ0v) is 7.22. The molecule has 0 rings (SSSR count). The smallest absolute Gasteiger partial charge is 0.220 e. The van der Waals surface area contributed by atoms with Crippen molar-refractivity contribution in [1.29, 1.82) is 5.41 Å². The van der Waals surface area contributed by atoms with Crippen molar-refractivity contribution in [3.8, 4) is 0 Å². The fraction of sp³-hybridized carbons (Fsp3) is 0.500. The lowest BCUT2D eigenvalue weighted by Gasteiger charge is -2.07. The van der Waals surface area contributed by atoms with Crippen molar-refractivity contribution in [1.82, 2.24) is 4.90 Å². The highest BCUT2D eigenvalue weighted by molar-refractivity contribution is 5.91. The summed E-state index contributed by atoms with van der Waals surface area (Å²) < 4.78 is 0. The molecule has 0 saturated heterocycles. The third-order valence-electron chi connectivity index (χ3n) is 0.659. The van der Waals surface area contributed by atoms with Gasteiger partial charge in [-0.2, -0.15) is 4.99 Å². The molecule has 76 valence electrons. The molecule has 0 unspecified atom stereocenters. The van der Waals surface area contributed by atoms with Gasteiger partial charge in [-0.05, 0) is 0 Å². The number of hydrogen-bond donors (Lipinski definition) is 3. The van der Waals surface area contributed by atoms with E-state index in [1.165, 1.54) is 4.90 Å². The molecule has 13 heavy (non-hydrogen) atoms. The molecular weight excluding hydrogens is 180 g/mol. The molecule has 0 spiro atoms. The molecule has 0 bridgehead atoms. The summed E-state index contributed by atoms with van der Waals surface area (Å²) in [6.07, 6.45) is 0. The Morgan fingerprint density at radius 3 is 1.85 bits per heavy atom. The van der Waals surface area contributed by atoms with Gasteiger partial charge >= 0.3 is 0 Å². The Kier molecular flexibility index (Phi) is 6.91. The Hall–Kier alpha value is -2.06. The highest BCUT2D eigenvalue weighted by Gasteiger charge is 1.93. The van der Waals surface area contributed by atoms with Crippen LogP contribution >= 0.6 is 0 Å². The van der Waals surface area contributed by atoms with E-state index < -0.39 is 5.09 Å². The molecule has 0 aliphatic rings. The largest absolute Gasteiger partial charge is 0.370 e. The number of rotatable bonds is 0. The molecule has 0 atom stereocenters. The molecule has 0 aromatic carbocycles. The number of aliphatic imine (C=N–C) groups is 1. The topological polar surface area (TPSA) is 158 Å². The summed E-state index contributed by atoms with van der Waals surface area (Å²) in [4.78, 5) is 13.2. The predicted octanol–water partition coefficient (Wildman–Crippen LogP) is -1.48. The van der Waals surface area contributed by atoms with Crippen LogP contribution in [0.4, 0.5) is 0 Å². The van der Waals surface area contributed by atoms with E-state index in [0.29, 0.717) is 0 Å². The van der Waals surface area contributed by atoms with Gasteiger partial charge in [-0.15, -0.1) is 0 Å². The van der Waals surface area contributed by atoms with Crippen molar-refractivity contribution in [2.45, 2.75) is 0 Å². The van der Waals surface area contributed by atoms with Gasteiger partial charge in [-0.3, -0.25) is 5.41 Å². The van der Waals surface area contributed by atoms with Gasteiger partial charge in [0, 0.05) is 14.1 Å². The Morgan fingerprint density at radius 2 is 1.77 bits per heavy atom. The maximum Gasteiger partial charge on any atom is 0.220 e. The van der Waals surface area contributed by atoms with Crippen LogP contribution in [0.1, 0.15) is 0 Å². The fourth-order valence-corrected chi connectivity index (χ4v) is 0.222. The van der Waals surface area contributed by atoms with Crippen molar-refractivity contribution in [2.24, 2.45) is 16.5 Å². The lowest BCUT2D eigenvalue weighted by atomic mass is 10.8. The van der Waals surface area contributed by atoms with E-state index in [-0.39, 0.29) is 11.9 Å². The molecule has 0 heterocycles. The summed E-state index contributed by atoms with van der Waals surface area (Å²) in [5, 5.41) is 21.8. The summed E-state index contributed by atoms with van der Waals surface area (Å²) >= 11 is 0. The first-order chi connectivity index (χ1) is 5.77. The number of nitrogens with two attached hydrogens (primary N) is 2. The van der Waals surface area contributed by atoms with Crippen LogP contribution in [0.5, 0.6) is 0 Å². The zero-order valence-electron chi connectivity index (χ0n) is 7.22. The van der Waals surface area contributed by atoms with Gasteiger partial charge in [0.05, 0.1) is 5.09 Å². The zero-order chi connectivity index (χ0) is 11.0. The van der Waals surface area contributed by atoms with Crippen molar-refractivity contribution < 1.29 is 5.09 Å². The van der Waals surface area contributed by atoms with E-state index in [4.69, 9.17) is 32.2 Å². The SMILES string of the molecule is CN(C)C(=N)N=C(N)N.O=[N+]([O-])[O-]. The van der Waals surface area contributed by atoms with E-state index in [9.17, 15) is 0 Å². The van der Waals surface area contributed by atoms with Crippen molar-refractivity contribution in [3.63, 3.8) is 0 Å². The highest BCUT2D eigenvalue weighted by atomic mass is 16.9. The maximum atomic E-state index is 8.25. The highest BCUT2D eigenvalue weighted by Crippen LogP contribution is 1.78. The molecule has 9 nitrogen and oxygen atoms in total. The molecule has 0 radical (unpaired) electrons. The van der Waals surface area contributed by atoms with Crippen molar-refractivity contribution in [2.75, 3.05) is 14.1 Å². The lowest BCUT2D eigenvalue weighted by molar-refractivity contribution is -0.402. The standard InChI is InChI=1S/C4H11N5.NO3/c1-9(2)4(7)8-3(5)6;2-1(3)4/h1-2H3,(H5,5,6,7,8);/q;-1. The average molecular weight is 191 g/mol. The molecule has 5 N–H and O–H groups in total. The molecule has 0 amide bonds. The Labute approximate surface area is 74.3 Å². The molecule has 9 heteroatoms. The normalized spacial score (nSPS) is 7.54. The summed E-state index contributed by atoms with van der Waals surface area (Å²) in [6.45, 7) is 0. The minimum atomic E-state index is -1.75. The van der Waals surface area contributed by atoms with Crippen LogP contribution in [0, 0.1) is 20.7 Å². The first-order valence-corrected chi connectivity index (χ1v) is 2.94.